The van der Waals surface area contributed by atoms with Gasteiger partial charge in [-0.05, 0) is 52.0 Å². The molecule has 9 nitrogen and oxygen atoms in total. The zero-order valence-corrected chi connectivity index (χ0v) is 16.8. The highest BCUT2D eigenvalue weighted by atomic mass is 32.2. The van der Waals surface area contributed by atoms with Gasteiger partial charge in [0.05, 0.1) is 12.4 Å². The topological polar surface area (TPSA) is 124 Å². The molecule has 0 fully saturated rings. The van der Waals surface area contributed by atoms with E-state index < -0.39 is 22.7 Å². The van der Waals surface area contributed by atoms with Gasteiger partial charge in [0.15, 0.2) is 5.82 Å². The molecule has 0 saturated carbocycles. The summed E-state index contributed by atoms with van der Waals surface area (Å²) in [4.78, 5) is 24.0. The van der Waals surface area contributed by atoms with E-state index in [9.17, 15) is 9.59 Å². The molecule has 0 aliphatic rings. The number of nitrogen functional groups attached to an aromatic ring is 1. The number of hydrogen-bond donors (Lipinski definition) is 3. The Hall–Kier alpha value is -2.75. The van der Waals surface area contributed by atoms with Gasteiger partial charge in [-0.1, -0.05) is 11.8 Å². The molecule has 4 N–H and O–H groups in total. The fraction of sp³-hybridized carbons (Fsp3) is 0.412. The molecular formula is C17H24N6O3S. The predicted molar refractivity (Wildman–Crippen MR) is 104 cm³/mol. The fourth-order valence-electron chi connectivity index (χ4n) is 2.09. The van der Waals surface area contributed by atoms with Gasteiger partial charge in [-0.2, -0.15) is 0 Å². The van der Waals surface area contributed by atoms with Crippen LogP contribution in [0.3, 0.4) is 0 Å². The quantitative estimate of drug-likeness (QED) is 0.523. The van der Waals surface area contributed by atoms with Crippen molar-refractivity contribution in [1.29, 1.82) is 0 Å². The standard InChI is InChI=1S/C17H24N6O3S/c1-10(14(24)19-15(25)20-17(2,3)4)27-16-22-21-13(23(16)18)11-6-8-12(26-5)9-7-11/h6-10H,18H2,1-5H3,(H2,19,20,24,25)/t10-/m0/s1. The van der Waals surface area contributed by atoms with Crippen molar-refractivity contribution in [2.24, 2.45) is 0 Å². The second-order valence-electron chi connectivity index (χ2n) is 6.86. The maximum Gasteiger partial charge on any atom is 0.321 e. The molecule has 2 rings (SSSR count). The molecule has 0 unspecified atom stereocenters. The van der Waals surface area contributed by atoms with Gasteiger partial charge in [-0.15, -0.1) is 10.2 Å². The van der Waals surface area contributed by atoms with Gasteiger partial charge in [-0.25, -0.2) is 9.47 Å². The Morgan fingerprint density at radius 1 is 1.22 bits per heavy atom. The minimum atomic E-state index is -0.592. The number of methoxy groups -OCH3 is 1. The smallest absolute Gasteiger partial charge is 0.321 e. The van der Waals surface area contributed by atoms with Gasteiger partial charge >= 0.3 is 6.03 Å². The molecule has 0 bridgehead atoms. The SMILES string of the molecule is COc1ccc(-c2nnc(S[C@@H](C)C(=O)NC(=O)NC(C)(C)C)n2N)cc1. The van der Waals surface area contributed by atoms with Crippen LogP contribution in [0.5, 0.6) is 5.75 Å². The number of nitrogens with one attached hydrogen (secondary N) is 2. The van der Waals surface area contributed by atoms with Crippen molar-refractivity contribution in [1.82, 2.24) is 25.5 Å². The maximum atomic E-state index is 12.2. The summed E-state index contributed by atoms with van der Waals surface area (Å²) in [6.45, 7) is 7.14. The third-order valence-corrected chi connectivity index (χ3v) is 4.45. The molecule has 0 spiro atoms. The van der Waals surface area contributed by atoms with Crippen LogP contribution in [0.15, 0.2) is 29.4 Å². The number of aromatic nitrogens is 3. The molecule has 0 aliphatic carbocycles. The van der Waals surface area contributed by atoms with E-state index in [4.69, 9.17) is 10.6 Å². The van der Waals surface area contributed by atoms with Gasteiger partial charge in [0.1, 0.15) is 5.75 Å². The van der Waals surface area contributed by atoms with E-state index in [0.29, 0.717) is 11.0 Å². The first-order chi connectivity index (χ1) is 12.6. The highest BCUT2D eigenvalue weighted by Gasteiger charge is 2.23. The van der Waals surface area contributed by atoms with E-state index in [1.165, 1.54) is 4.68 Å². The molecule has 3 amide bonds. The second kappa shape index (κ2) is 8.30. The van der Waals surface area contributed by atoms with E-state index in [-0.39, 0.29) is 0 Å². The minimum absolute atomic E-state index is 0.361. The fourth-order valence-corrected chi connectivity index (χ4v) is 2.86. The summed E-state index contributed by atoms with van der Waals surface area (Å²) in [6.07, 6.45) is 0. The Kier molecular flexibility index (Phi) is 6.32. The first-order valence-electron chi connectivity index (χ1n) is 8.25. The number of thioether (sulfide) groups is 1. The van der Waals surface area contributed by atoms with Crippen LogP contribution in [-0.2, 0) is 4.79 Å². The number of rotatable bonds is 5. The molecular weight excluding hydrogens is 368 g/mol. The van der Waals surface area contributed by atoms with Gasteiger partial charge in [0.25, 0.3) is 0 Å². The van der Waals surface area contributed by atoms with Crippen molar-refractivity contribution in [3.8, 4) is 17.1 Å². The molecule has 0 saturated heterocycles. The first-order valence-corrected chi connectivity index (χ1v) is 9.13. The summed E-state index contributed by atoms with van der Waals surface area (Å²) < 4.78 is 6.44. The number of urea groups is 1. The lowest BCUT2D eigenvalue weighted by Crippen LogP contribution is -2.49. The lowest BCUT2D eigenvalue weighted by Gasteiger charge is -2.21. The van der Waals surface area contributed by atoms with Gasteiger partial charge in [-0.3, -0.25) is 10.1 Å². The van der Waals surface area contributed by atoms with Crippen molar-refractivity contribution >= 4 is 23.7 Å². The van der Waals surface area contributed by atoms with Crippen LogP contribution in [0.1, 0.15) is 27.7 Å². The van der Waals surface area contributed by atoms with Crippen LogP contribution in [0, 0.1) is 0 Å². The average Bonchev–Trinajstić information content (AvgIpc) is 2.93. The molecule has 10 heteroatoms. The van der Waals surface area contributed by atoms with Crippen molar-refractivity contribution in [2.75, 3.05) is 13.0 Å². The van der Waals surface area contributed by atoms with Gasteiger partial charge < -0.3 is 15.9 Å². The third-order valence-electron chi connectivity index (χ3n) is 3.39. The molecule has 1 aromatic heterocycles. The van der Waals surface area contributed by atoms with Crippen LogP contribution in [0.25, 0.3) is 11.4 Å². The van der Waals surface area contributed by atoms with E-state index >= 15 is 0 Å². The lowest BCUT2D eigenvalue weighted by molar-refractivity contribution is -0.119. The number of hydrogen-bond acceptors (Lipinski definition) is 7. The maximum absolute atomic E-state index is 12.2. The molecule has 0 aliphatic heterocycles. The first kappa shape index (κ1) is 20.6. The number of amides is 3. The monoisotopic (exact) mass is 392 g/mol. The molecule has 0 radical (unpaired) electrons. The Bertz CT molecular complexity index is 813. The summed E-state index contributed by atoms with van der Waals surface area (Å²) in [6, 6.07) is 6.66. The van der Waals surface area contributed by atoms with Gasteiger partial charge in [0, 0.05) is 11.1 Å². The molecule has 1 atom stereocenters. The number of ether oxygens (including phenoxy) is 1. The number of benzene rings is 1. The molecule has 2 aromatic rings. The van der Waals surface area contributed by atoms with Crippen LogP contribution >= 0.6 is 11.8 Å². The Morgan fingerprint density at radius 2 is 1.85 bits per heavy atom. The van der Waals surface area contributed by atoms with E-state index in [1.807, 2.05) is 32.9 Å². The van der Waals surface area contributed by atoms with Crippen molar-refractivity contribution in [3.05, 3.63) is 24.3 Å². The van der Waals surface area contributed by atoms with E-state index in [1.54, 1.807) is 26.2 Å². The van der Waals surface area contributed by atoms with Crippen molar-refractivity contribution in [2.45, 2.75) is 43.6 Å². The minimum Gasteiger partial charge on any atom is -0.497 e. The van der Waals surface area contributed by atoms with Crippen LogP contribution in [0.4, 0.5) is 4.79 Å². The number of nitrogens with two attached hydrogens (primary N) is 1. The summed E-state index contributed by atoms with van der Waals surface area (Å²) in [5.74, 6) is 6.79. The number of carbonyl (C=O) groups is 2. The zero-order chi connectivity index (χ0) is 20.2. The Balaban J connectivity index is 2.03. The molecule has 146 valence electrons. The second-order valence-corrected chi connectivity index (χ2v) is 8.17. The zero-order valence-electron chi connectivity index (χ0n) is 15.9. The largest absolute Gasteiger partial charge is 0.497 e. The van der Waals surface area contributed by atoms with Crippen LogP contribution in [0.2, 0.25) is 0 Å². The number of imide groups is 1. The predicted octanol–water partition coefficient (Wildman–Crippen LogP) is 1.77. The normalized spacial score (nSPS) is 12.3. The number of carbonyl (C=O) groups excluding carboxylic acids is 2. The molecule has 27 heavy (non-hydrogen) atoms. The Morgan fingerprint density at radius 3 is 2.41 bits per heavy atom. The van der Waals surface area contributed by atoms with Crippen LogP contribution < -0.4 is 21.2 Å². The van der Waals surface area contributed by atoms with Gasteiger partial charge in [0.2, 0.25) is 11.1 Å². The highest BCUT2D eigenvalue weighted by Crippen LogP contribution is 2.25. The van der Waals surface area contributed by atoms with Crippen molar-refractivity contribution in [3.63, 3.8) is 0 Å². The summed E-state index contributed by atoms with van der Waals surface area (Å²) in [5, 5.41) is 12.9. The highest BCUT2D eigenvalue weighted by molar-refractivity contribution is 8.00. The third kappa shape index (κ3) is 5.61. The molecule has 1 aromatic carbocycles. The van der Waals surface area contributed by atoms with E-state index in [0.717, 1.165) is 23.1 Å². The van der Waals surface area contributed by atoms with Crippen molar-refractivity contribution < 1.29 is 14.3 Å². The Labute approximate surface area is 162 Å². The van der Waals surface area contributed by atoms with Crippen LogP contribution in [-0.4, -0.2) is 44.7 Å². The molecule has 1 heterocycles. The summed E-state index contributed by atoms with van der Waals surface area (Å²) in [5.41, 5.74) is 0.324. The summed E-state index contributed by atoms with van der Waals surface area (Å²) in [7, 11) is 1.59. The number of nitrogens with zero attached hydrogens (tertiary/aromatic N) is 3. The summed E-state index contributed by atoms with van der Waals surface area (Å²) >= 11 is 1.11. The average molecular weight is 392 g/mol. The van der Waals surface area contributed by atoms with E-state index in [2.05, 4.69) is 20.8 Å². The lowest BCUT2D eigenvalue weighted by atomic mass is 10.1.